The van der Waals surface area contributed by atoms with Gasteiger partial charge in [0.2, 0.25) is 0 Å². The summed E-state index contributed by atoms with van der Waals surface area (Å²) in [7, 11) is -3.07. The number of H-pyrrole nitrogens is 1. The fraction of sp³-hybridized carbons (Fsp3) is 0.867. The van der Waals surface area contributed by atoms with E-state index in [2.05, 4.69) is 34.3 Å². The van der Waals surface area contributed by atoms with Crippen LogP contribution in [-0.2, 0) is 22.1 Å². The molecular formula is C15H28N4O2S. The maximum absolute atomic E-state index is 11.2. The van der Waals surface area contributed by atoms with Gasteiger partial charge in [-0.3, -0.25) is 5.10 Å². The lowest BCUT2D eigenvalue weighted by molar-refractivity contribution is 0.220. The highest BCUT2D eigenvalue weighted by molar-refractivity contribution is 7.89. The van der Waals surface area contributed by atoms with Crippen LogP contribution in [0.3, 0.4) is 0 Å². The number of rotatable bonds is 7. The molecule has 1 heterocycles. The zero-order valence-corrected chi connectivity index (χ0v) is 14.6. The topological polar surface area (TPSA) is 87.7 Å². The third-order valence-electron chi connectivity index (χ3n) is 4.53. The number of nitrogens with one attached hydrogen (secondary N) is 2. The zero-order valence-electron chi connectivity index (χ0n) is 13.8. The van der Waals surface area contributed by atoms with E-state index in [1.54, 1.807) is 0 Å². The van der Waals surface area contributed by atoms with Crippen molar-refractivity contribution in [3.63, 3.8) is 0 Å². The van der Waals surface area contributed by atoms with Crippen molar-refractivity contribution in [2.75, 3.05) is 12.8 Å². The minimum atomic E-state index is -3.07. The molecule has 1 saturated carbocycles. The molecule has 1 aromatic heterocycles. The van der Waals surface area contributed by atoms with E-state index in [0.717, 1.165) is 24.3 Å². The van der Waals surface area contributed by atoms with Gasteiger partial charge in [0, 0.05) is 6.26 Å². The molecule has 2 N–H and O–H groups in total. The molecule has 7 heteroatoms. The minimum Gasteiger partial charge on any atom is -0.310 e. The largest absolute Gasteiger partial charge is 0.310 e. The van der Waals surface area contributed by atoms with Gasteiger partial charge in [0.05, 0.1) is 6.54 Å². The van der Waals surface area contributed by atoms with Gasteiger partial charge in [-0.1, -0.05) is 13.8 Å². The minimum absolute atomic E-state index is 0.0841. The molecule has 0 amide bonds. The van der Waals surface area contributed by atoms with Crippen LogP contribution in [0.2, 0.25) is 0 Å². The van der Waals surface area contributed by atoms with Gasteiger partial charge >= 0.3 is 0 Å². The molecule has 0 saturated heterocycles. The van der Waals surface area contributed by atoms with Crippen LogP contribution in [0, 0.1) is 17.8 Å². The van der Waals surface area contributed by atoms with Gasteiger partial charge in [-0.05, 0) is 50.0 Å². The van der Waals surface area contributed by atoms with Crippen LogP contribution in [0.4, 0.5) is 0 Å². The Morgan fingerprint density at radius 1 is 1.27 bits per heavy atom. The van der Waals surface area contributed by atoms with Crippen molar-refractivity contribution in [1.82, 2.24) is 20.5 Å². The Balaban J connectivity index is 1.69. The molecule has 2 rings (SSSR count). The number of hydrogen-bond acceptors (Lipinski definition) is 5. The van der Waals surface area contributed by atoms with Crippen molar-refractivity contribution in [2.45, 2.75) is 51.8 Å². The summed E-state index contributed by atoms with van der Waals surface area (Å²) in [5.74, 6) is 3.40. The third kappa shape index (κ3) is 5.68. The average Bonchev–Trinajstić information content (AvgIpc) is 2.84. The van der Waals surface area contributed by atoms with Gasteiger partial charge in [-0.2, -0.15) is 5.10 Å². The van der Waals surface area contributed by atoms with Crippen LogP contribution < -0.4 is 5.32 Å². The van der Waals surface area contributed by atoms with E-state index in [-0.39, 0.29) is 5.75 Å². The summed E-state index contributed by atoms with van der Waals surface area (Å²) >= 11 is 0. The highest BCUT2D eigenvalue weighted by Gasteiger charge is 2.22. The van der Waals surface area contributed by atoms with E-state index < -0.39 is 9.84 Å². The van der Waals surface area contributed by atoms with E-state index >= 15 is 0 Å². The first-order valence-electron chi connectivity index (χ1n) is 8.12. The quantitative estimate of drug-likeness (QED) is 0.798. The van der Waals surface area contributed by atoms with Gasteiger partial charge in [0.1, 0.15) is 11.6 Å². The van der Waals surface area contributed by atoms with Crippen molar-refractivity contribution in [2.24, 2.45) is 17.8 Å². The van der Waals surface area contributed by atoms with E-state index in [1.807, 2.05) is 0 Å². The lowest BCUT2D eigenvalue weighted by Gasteiger charge is -2.30. The first-order valence-corrected chi connectivity index (χ1v) is 10.2. The van der Waals surface area contributed by atoms with Crippen LogP contribution in [0.5, 0.6) is 0 Å². The number of aromatic nitrogens is 3. The number of nitrogens with zero attached hydrogens (tertiary/aromatic N) is 2. The molecule has 0 radical (unpaired) electrons. The molecule has 126 valence electrons. The first-order chi connectivity index (χ1) is 10.3. The highest BCUT2D eigenvalue weighted by Crippen LogP contribution is 2.32. The molecule has 1 aliphatic carbocycles. The maximum atomic E-state index is 11.2. The SMILES string of the molecule is CC(C)C1CCC(CNCc2n[nH]c(CS(C)(=O)=O)n2)CC1. The molecule has 1 aromatic rings. The Kier molecular flexibility index (Phi) is 5.97. The fourth-order valence-corrected chi connectivity index (χ4v) is 3.80. The van der Waals surface area contributed by atoms with Crippen molar-refractivity contribution >= 4 is 9.84 Å². The Labute approximate surface area is 133 Å². The molecule has 22 heavy (non-hydrogen) atoms. The monoisotopic (exact) mass is 328 g/mol. The van der Waals surface area contributed by atoms with Crippen molar-refractivity contribution in [3.8, 4) is 0 Å². The standard InChI is InChI=1S/C15H28N4O2S/c1-11(2)13-6-4-12(5-7-13)8-16-9-14-17-15(19-18-14)10-22(3,20)21/h11-13,16H,4-10H2,1-3H3,(H,17,18,19). The average molecular weight is 328 g/mol. The number of aromatic amines is 1. The summed E-state index contributed by atoms with van der Waals surface area (Å²) in [5, 5.41) is 10.1. The lowest BCUT2D eigenvalue weighted by Crippen LogP contribution is -2.27. The molecule has 6 nitrogen and oxygen atoms in total. The molecule has 0 bridgehead atoms. The Hall–Kier alpha value is -0.950. The predicted octanol–water partition coefficient (Wildman–Crippen LogP) is 1.90. The normalized spacial score (nSPS) is 23.1. The molecule has 0 aromatic carbocycles. The van der Waals surface area contributed by atoms with E-state index in [9.17, 15) is 8.42 Å². The maximum Gasteiger partial charge on any atom is 0.164 e. The molecule has 0 atom stereocenters. The van der Waals surface area contributed by atoms with Gasteiger partial charge < -0.3 is 5.32 Å². The summed E-state index contributed by atoms with van der Waals surface area (Å²) in [5.41, 5.74) is 0. The van der Waals surface area contributed by atoms with E-state index in [0.29, 0.717) is 18.2 Å². The lowest BCUT2D eigenvalue weighted by atomic mass is 9.77. The summed E-state index contributed by atoms with van der Waals surface area (Å²) in [6, 6.07) is 0. The van der Waals surface area contributed by atoms with E-state index in [4.69, 9.17) is 0 Å². The predicted molar refractivity (Wildman–Crippen MR) is 86.9 cm³/mol. The Morgan fingerprint density at radius 2 is 1.95 bits per heavy atom. The fourth-order valence-electron chi connectivity index (χ4n) is 3.17. The van der Waals surface area contributed by atoms with Crippen LogP contribution >= 0.6 is 0 Å². The van der Waals surface area contributed by atoms with Crippen LogP contribution in [-0.4, -0.2) is 36.4 Å². The Morgan fingerprint density at radius 3 is 2.55 bits per heavy atom. The second-order valence-corrected chi connectivity index (χ2v) is 9.06. The molecule has 0 unspecified atom stereocenters. The molecule has 1 fully saturated rings. The van der Waals surface area contributed by atoms with Gasteiger partial charge in [-0.25, -0.2) is 13.4 Å². The number of sulfone groups is 1. The second kappa shape index (κ2) is 7.55. The molecular weight excluding hydrogens is 300 g/mol. The summed E-state index contributed by atoms with van der Waals surface area (Å²) in [4.78, 5) is 4.21. The van der Waals surface area contributed by atoms with Crippen LogP contribution in [0.15, 0.2) is 0 Å². The highest BCUT2D eigenvalue weighted by atomic mass is 32.2. The van der Waals surface area contributed by atoms with Gasteiger partial charge in [0.25, 0.3) is 0 Å². The second-order valence-electron chi connectivity index (χ2n) is 6.92. The molecule has 0 aliphatic heterocycles. The van der Waals surface area contributed by atoms with Gasteiger partial charge in [-0.15, -0.1) is 0 Å². The zero-order chi connectivity index (χ0) is 16.2. The number of hydrogen-bond donors (Lipinski definition) is 2. The first kappa shape index (κ1) is 17.4. The summed E-state index contributed by atoms with van der Waals surface area (Å²) < 4.78 is 22.4. The van der Waals surface area contributed by atoms with Crippen LogP contribution in [0.25, 0.3) is 0 Å². The van der Waals surface area contributed by atoms with Crippen LogP contribution in [0.1, 0.15) is 51.2 Å². The third-order valence-corrected chi connectivity index (χ3v) is 5.33. The van der Waals surface area contributed by atoms with Crippen molar-refractivity contribution in [3.05, 3.63) is 11.6 Å². The smallest absolute Gasteiger partial charge is 0.164 e. The van der Waals surface area contributed by atoms with Crippen molar-refractivity contribution in [1.29, 1.82) is 0 Å². The summed E-state index contributed by atoms with van der Waals surface area (Å²) in [6.45, 7) is 6.21. The van der Waals surface area contributed by atoms with Crippen molar-refractivity contribution < 1.29 is 8.42 Å². The molecule has 1 aliphatic rings. The van der Waals surface area contributed by atoms with Gasteiger partial charge in [0.15, 0.2) is 15.7 Å². The molecule has 0 spiro atoms. The summed E-state index contributed by atoms with van der Waals surface area (Å²) in [6.07, 6.45) is 6.46. The Bertz CT molecular complexity index is 560. The van der Waals surface area contributed by atoms with E-state index in [1.165, 1.54) is 31.9 Å².